The summed E-state index contributed by atoms with van der Waals surface area (Å²) in [4.78, 5) is 4.55. The molecule has 1 aromatic heterocycles. The quantitative estimate of drug-likeness (QED) is 0.658. The third-order valence-electron chi connectivity index (χ3n) is 3.38. The molecular formula is C17H16Cl2N2. The molecule has 3 rings (SSSR count). The van der Waals surface area contributed by atoms with Gasteiger partial charge in [0.05, 0.1) is 5.52 Å². The van der Waals surface area contributed by atoms with Crippen LogP contribution >= 0.6 is 24.0 Å². The highest BCUT2D eigenvalue weighted by Crippen LogP contribution is 2.30. The summed E-state index contributed by atoms with van der Waals surface area (Å²) in [6.07, 6.45) is 0. The summed E-state index contributed by atoms with van der Waals surface area (Å²) in [5, 5.41) is 5.35. The normalized spacial score (nSPS) is 10.2. The van der Waals surface area contributed by atoms with Gasteiger partial charge in [0, 0.05) is 27.5 Å². The number of para-hydroxylation sites is 1. The second kappa shape index (κ2) is 6.33. The fraction of sp³-hybridized carbons (Fsp3) is 0.118. The minimum Gasteiger partial charge on any atom is -0.355 e. The lowest BCUT2D eigenvalue weighted by molar-refractivity contribution is 1.25. The first-order chi connectivity index (χ1) is 9.65. The van der Waals surface area contributed by atoms with Crippen LogP contribution in [0.2, 0.25) is 5.02 Å². The Kier molecular flexibility index (Phi) is 4.71. The van der Waals surface area contributed by atoms with E-state index in [0.29, 0.717) is 0 Å². The number of rotatable bonds is 2. The van der Waals surface area contributed by atoms with Crippen molar-refractivity contribution in [3.05, 3.63) is 64.8 Å². The zero-order valence-electron chi connectivity index (χ0n) is 11.9. The summed E-state index contributed by atoms with van der Waals surface area (Å²) in [5.41, 5.74) is 5.11. The second-order valence-electron chi connectivity index (χ2n) is 4.87. The van der Waals surface area contributed by atoms with Crippen molar-refractivity contribution >= 4 is 46.3 Å². The molecule has 0 fully saturated rings. The predicted octanol–water partition coefficient (Wildman–Crippen LogP) is 5.67. The number of nitrogens with one attached hydrogen (secondary N) is 1. The summed E-state index contributed by atoms with van der Waals surface area (Å²) in [6.45, 7) is 4.02. The number of pyridine rings is 1. The summed E-state index contributed by atoms with van der Waals surface area (Å²) < 4.78 is 0. The van der Waals surface area contributed by atoms with Gasteiger partial charge in [0.15, 0.2) is 0 Å². The molecule has 0 spiro atoms. The van der Waals surface area contributed by atoms with Crippen molar-refractivity contribution in [2.75, 3.05) is 5.32 Å². The van der Waals surface area contributed by atoms with Crippen LogP contribution in [0, 0.1) is 13.8 Å². The van der Waals surface area contributed by atoms with Gasteiger partial charge in [-0.1, -0.05) is 35.9 Å². The van der Waals surface area contributed by atoms with Crippen molar-refractivity contribution < 1.29 is 0 Å². The number of hydrogen-bond donors (Lipinski definition) is 1. The van der Waals surface area contributed by atoms with E-state index in [2.05, 4.69) is 22.4 Å². The maximum Gasteiger partial charge on any atom is 0.0726 e. The van der Waals surface area contributed by atoms with Crippen LogP contribution in [0.15, 0.2) is 48.5 Å². The van der Waals surface area contributed by atoms with Crippen LogP contribution in [-0.2, 0) is 0 Å². The van der Waals surface area contributed by atoms with E-state index in [1.165, 1.54) is 0 Å². The lowest BCUT2D eigenvalue weighted by atomic mass is 10.1. The van der Waals surface area contributed by atoms with E-state index >= 15 is 0 Å². The SMILES string of the molecule is Cc1cc(Nc2cccc(Cl)c2C)c2ccccc2n1.Cl. The maximum atomic E-state index is 6.18. The number of nitrogens with zero attached hydrogens (tertiary/aromatic N) is 1. The van der Waals surface area contributed by atoms with E-state index in [1.54, 1.807) is 0 Å². The molecule has 0 amide bonds. The minimum absolute atomic E-state index is 0. The topological polar surface area (TPSA) is 24.9 Å². The molecule has 0 unspecified atom stereocenters. The summed E-state index contributed by atoms with van der Waals surface area (Å²) in [6, 6.07) is 16.1. The number of anilines is 2. The van der Waals surface area contributed by atoms with E-state index in [9.17, 15) is 0 Å². The molecule has 0 aliphatic carbocycles. The molecule has 3 aromatic rings. The Morgan fingerprint density at radius 2 is 1.71 bits per heavy atom. The molecule has 2 nitrogen and oxygen atoms in total. The van der Waals surface area contributed by atoms with E-state index < -0.39 is 0 Å². The molecule has 108 valence electrons. The van der Waals surface area contributed by atoms with Gasteiger partial charge in [-0.15, -0.1) is 12.4 Å². The van der Waals surface area contributed by atoms with E-state index in [0.717, 1.165) is 38.6 Å². The Morgan fingerprint density at radius 3 is 2.52 bits per heavy atom. The Morgan fingerprint density at radius 1 is 0.952 bits per heavy atom. The highest BCUT2D eigenvalue weighted by atomic mass is 35.5. The zero-order valence-corrected chi connectivity index (χ0v) is 13.4. The van der Waals surface area contributed by atoms with Crippen molar-refractivity contribution in [1.82, 2.24) is 4.98 Å². The van der Waals surface area contributed by atoms with Gasteiger partial charge in [0.25, 0.3) is 0 Å². The zero-order chi connectivity index (χ0) is 14.1. The molecule has 4 heteroatoms. The lowest BCUT2D eigenvalue weighted by Crippen LogP contribution is -1.96. The monoisotopic (exact) mass is 318 g/mol. The molecule has 1 N–H and O–H groups in total. The van der Waals surface area contributed by atoms with Crippen molar-refractivity contribution in [1.29, 1.82) is 0 Å². The average molecular weight is 319 g/mol. The van der Waals surface area contributed by atoms with Crippen molar-refractivity contribution in [3.8, 4) is 0 Å². The smallest absolute Gasteiger partial charge is 0.0726 e. The van der Waals surface area contributed by atoms with Crippen LogP contribution in [0.1, 0.15) is 11.3 Å². The van der Waals surface area contributed by atoms with Gasteiger partial charge in [-0.2, -0.15) is 0 Å². The molecule has 2 aromatic carbocycles. The first-order valence-electron chi connectivity index (χ1n) is 6.53. The van der Waals surface area contributed by atoms with Gasteiger partial charge >= 0.3 is 0 Å². The number of aryl methyl sites for hydroxylation is 1. The number of hydrogen-bond acceptors (Lipinski definition) is 2. The number of benzene rings is 2. The summed E-state index contributed by atoms with van der Waals surface area (Å²) >= 11 is 6.18. The van der Waals surface area contributed by atoms with Crippen LogP contribution in [-0.4, -0.2) is 4.98 Å². The van der Waals surface area contributed by atoms with Gasteiger partial charge in [-0.3, -0.25) is 4.98 Å². The van der Waals surface area contributed by atoms with Crippen molar-refractivity contribution in [3.63, 3.8) is 0 Å². The van der Waals surface area contributed by atoms with Crippen LogP contribution in [0.4, 0.5) is 11.4 Å². The molecule has 0 radical (unpaired) electrons. The lowest BCUT2D eigenvalue weighted by Gasteiger charge is -2.13. The molecule has 0 aliphatic heterocycles. The standard InChI is InChI=1S/C17H15ClN2.ClH/c1-11-10-17(13-6-3-4-8-16(13)19-11)20-15-9-5-7-14(18)12(15)2;/h3-10H,1-2H3,(H,19,20);1H. The number of halogens is 2. The van der Waals surface area contributed by atoms with Crippen molar-refractivity contribution in [2.24, 2.45) is 0 Å². The molecule has 21 heavy (non-hydrogen) atoms. The van der Waals surface area contributed by atoms with Gasteiger partial charge in [0.2, 0.25) is 0 Å². The fourth-order valence-electron chi connectivity index (χ4n) is 2.30. The Balaban J connectivity index is 0.00000161. The summed E-state index contributed by atoms with van der Waals surface area (Å²) in [7, 11) is 0. The third-order valence-corrected chi connectivity index (χ3v) is 3.79. The van der Waals surface area contributed by atoms with Crippen LogP contribution in [0.5, 0.6) is 0 Å². The fourth-order valence-corrected chi connectivity index (χ4v) is 2.47. The molecule has 0 atom stereocenters. The average Bonchev–Trinajstić information content (AvgIpc) is 2.43. The predicted molar refractivity (Wildman–Crippen MR) is 93.2 cm³/mol. The van der Waals surface area contributed by atoms with Gasteiger partial charge < -0.3 is 5.32 Å². The minimum atomic E-state index is 0. The Bertz CT molecular complexity index is 785. The molecule has 0 saturated carbocycles. The van der Waals surface area contributed by atoms with E-state index in [4.69, 9.17) is 11.6 Å². The molecule has 1 heterocycles. The van der Waals surface area contributed by atoms with Gasteiger partial charge in [-0.05, 0) is 43.7 Å². The second-order valence-corrected chi connectivity index (χ2v) is 5.27. The van der Waals surface area contributed by atoms with E-state index in [-0.39, 0.29) is 12.4 Å². The number of fused-ring (bicyclic) bond motifs is 1. The van der Waals surface area contributed by atoms with Crippen LogP contribution < -0.4 is 5.32 Å². The third kappa shape index (κ3) is 3.12. The van der Waals surface area contributed by atoms with Crippen molar-refractivity contribution in [2.45, 2.75) is 13.8 Å². The highest BCUT2D eigenvalue weighted by Gasteiger charge is 2.06. The highest BCUT2D eigenvalue weighted by molar-refractivity contribution is 6.31. The Hall–Kier alpha value is -1.77. The Labute approximate surface area is 135 Å². The van der Waals surface area contributed by atoms with Crippen LogP contribution in [0.25, 0.3) is 10.9 Å². The molecular weight excluding hydrogens is 303 g/mol. The largest absolute Gasteiger partial charge is 0.355 e. The van der Waals surface area contributed by atoms with E-state index in [1.807, 2.05) is 50.2 Å². The van der Waals surface area contributed by atoms with Crippen LogP contribution in [0.3, 0.4) is 0 Å². The number of aromatic nitrogens is 1. The molecule has 0 aliphatic rings. The summed E-state index contributed by atoms with van der Waals surface area (Å²) in [5.74, 6) is 0. The first kappa shape index (κ1) is 15.6. The molecule has 0 bridgehead atoms. The first-order valence-corrected chi connectivity index (χ1v) is 6.91. The van der Waals surface area contributed by atoms with Gasteiger partial charge in [-0.25, -0.2) is 0 Å². The maximum absolute atomic E-state index is 6.18. The molecule has 0 saturated heterocycles. The van der Waals surface area contributed by atoms with Gasteiger partial charge in [0.1, 0.15) is 0 Å².